The molecule has 20 N–H and O–H groups in total. The van der Waals surface area contributed by atoms with Crippen LogP contribution in [-0.2, 0) is 64.0 Å². The molecule has 0 saturated carbocycles. The van der Waals surface area contributed by atoms with Crippen molar-refractivity contribution in [2.75, 3.05) is 19.7 Å². The number of nitrogens with two attached hydrogens (primary N) is 6. The first-order chi connectivity index (χ1) is 40.5. The average Bonchev–Trinajstić information content (AvgIpc) is 4.30. The van der Waals surface area contributed by atoms with E-state index in [1.165, 1.54) is 29.6 Å². The summed E-state index contributed by atoms with van der Waals surface area (Å²) >= 11 is 8.94. The number of hydrogen-bond acceptors (Lipinski definition) is 19. The molecule has 0 aliphatic heterocycles. The minimum absolute atomic E-state index is 0.0558. The number of carboxylic acid groups (broad SMARTS) is 6. The zero-order valence-electron chi connectivity index (χ0n) is 48.2. The molecule has 0 aliphatic carbocycles. The molecule has 474 valence electrons. The fourth-order valence-electron chi connectivity index (χ4n) is 6.43. The normalized spacial score (nSPS) is 12.3. The van der Waals surface area contributed by atoms with Gasteiger partial charge in [-0.05, 0) is 85.9 Å². The summed E-state index contributed by atoms with van der Waals surface area (Å²) in [5, 5.41) is 60.5. The van der Waals surface area contributed by atoms with Gasteiger partial charge in [-0.2, -0.15) is 0 Å². The summed E-state index contributed by atoms with van der Waals surface area (Å²) in [7, 11) is 0. The highest BCUT2D eigenvalue weighted by Gasteiger charge is 2.16. The third-order valence-corrected chi connectivity index (χ3v) is 13.3. The Morgan fingerprint density at radius 2 is 1.06 bits per heavy atom. The van der Waals surface area contributed by atoms with Crippen LogP contribution in [0.2, 0.25) is 5.02 Å². The molecule has 0 spiro atoms. The number of carboxylic acids is 6. The van der Waals surface area contributed by atoms with Crippen LogP contribution in [0.4, 0.5) is 4.79 Å². The number of nitrogens with zero attached hydrogens (tertiary/aromatic N) is 1. The van der Waals surface area contributed by atoms with E-state index in [0.29, 0.717) is 86.5 Å². The number of aliphatic carboxylic acids is 6. The maximum Gasteiger partial charge on any atom is 0.407 e. The molecule has 2 amide bonds. The molecule has 25 nitrogen and oxygen atoms in total. The van der Waals surface area contributed by atoms with Crippen molar-refractivity contribution in [1.29, 1.82) is 0 Å². The van der Waals surface area contributed by atoms with Crippen molar-refractivity contribution in [1.82, 2.24) is 15.6 Å². The molecule has 2 aromatic heterocycles. The van der Waals surface area contributed by atoms with E-state index >= 15 is 0 Å². The highest BCUT2D eigenvalue weighted by atomic mass is 35.5. The molecule has 5 aromatic rings. The Balaban J connectivity index is 0.00000103. The second-order valence-corrected chi connectivity index (χ2v) is 21.4. The van der Waals surface area contributed by atoms with E-state index in [1.807, 2.05) is 53.9 Å². The molecule has 0 radical (unpaired) electrons. The second kappa shape index (κ2) is 45.6. The molecule has 0 saturated heterocycles. The third-order valence-electron chi connectivity index (χ3n) is 11.4. The minimum atomic E-state index is -1.04. The van der Waals surface area contributed by atoms with Crippen LogP contribution in [0.5, 0.6) is 0 Å². The Morgan fingerprint density at radius 3 is 1.56 bits per heavy atom. The number of carbonyl (C=O) groups is 9. The number of unbranched alkanes of at least 4 members (excludes halogenated alkanes) is 1. The van der Waals surface area contributed by atoms with Crippen molar-refractivity contribution in [3.05, 3.63) is 145 Å². The quantitative estimate of drug-likeness (QED) is 0.0221. The van der Waals surface area contributed by atoms with Gasteiger partial charge in [0, 0.05) is 65.7 Å². The summed E-state index contributed by atoms with van der Waals surface area (Å²) in [5.41, 5.74) is 37.2. The molecule has 3 aromatic carbocycles. The van der Waals surface area contributed by atoms with Crippen LogP contribution in [0.3, 0.4) is 0 Å². The molecule has 0 bridgehead atoms. The number of thiophene rings is 1. The molecule has 0 aliphatic rings. The molecular formula is C58H82ClN9O16S2. The van der Waals surface area contributed by atoms with Gasteiger partial charge in [0.15, 0.2) is 5.78 Å². The summed E-state index contributed by atoms with van der Waals surface area (Å²) in [6.07, 6.45) is 5.15. The van der Waals surface area contributed by atoms with Gasteiger partial charge in [-0.3, -0.25) is 38.4 Å². The first-order valence-corrected chi connectivity index (χ1v) is 29.1. The van der Waals surface area contributed by atoms with E-state index in [1.54, 1.807) is 53.4 Å². The van der Waals surface area contributed by atoms with Gasteiger partial charge in [-0.25, -0.2) is 9.78 Å². The van der Waals surface area contributed by atoms with Crippen LogP contribution in [0.25, 0.3) is 0 Å². The average molecular weight is 1260 g/mol. The molecule has 0 fully saturated rings. The van der Waals surface area contributed by atoms with Gasteiger partial charge < -0.3 is 80.4 Å². The number of amides is 2. The van der Waals surface area contributed by atoms with Crippen LogP contribution >= 0.6 is 34.3 Å². The Morgan fingerprint density at radius 1 is 0.558 bits per heavy atom. The van der Waals surface area contributed by atoms with Crippen molar-refractivity contribution in [2.45, 2.75) is 128 Å². The first kappa shape index (κ1) is 78.3. The van der Waals surface area contributed by atoms with Crippen molar-refractivity contribution in [3.8, 4) is 0 Å². The van der Waals surface area contributed by atoms with E-state index in [2.05, 4.69) is 29.5 Å². The number of carbonyl (C=O) groups excluding carboxylic acids is 3. The van der Waals surface area contributed by atoms with Crippen LogP contribution < -0.4 is 45.0 Å². The van der Waals surface area contributed by atoms with E-state index in [0.717, 1.165) is 34.5 Å². The fraction of sp³-hybridized carbons (Fsp3) is 0.414. The lowest BCUT2D eigenvalue weighted by molar-refractivity contribution is -0.139. The lowest BCUT2D eigenvalue weighted by Crippen LogP contribution is -2.32. The summed E-state index contributed by atoms with van der Waals surface area (Å²) in [5.74, 6) is -5.48. The number of alkyl carbamates (subject to hydrolysis) is 1. The largest absolute Gasteiger partial charge is 0.480 e. The Labute approximate surface area is 512 Å². The van der Waals surface area contributed by atoms with Crippen LogP contribution in [0, 0.1) is 5.92 Å². The molecule has 5 rings (SSSR count). The van der Waals surface area contributed by atoms with E-state index in [9.17, 15) is 43.2 Å². The van der Waals surface area contributed by atoms with E-state index < -0.39 is 78.2 Å². The van der Waals surface area contributed by atoms with Gasteiger partial charge in [-0.1, -0.05) is 104 Å². The third kappa shape index (κ3) is 39.0. The highest BCUT2D eigenvalue weighted by molar-refractivity contribution is 7.09. The maximum absolute atomic E-state index is 12.2. The van der Waals surface area contributed by atoms with Gasteiger partial charge in [0.2, 0.25) is 5.91 Å². The Hall–Kier alpha value is -7.73. The monoisotopic (exact) mass is 1260 g/mol. The van der Waals surface area contributed by atoms with Gasteiger partial charge in [0.25, 0.3) is 0 Å². The Bertz CT molecular complexity index is 2710. The summed E-state index contributed by atoms with van der Waals surface area (Å²) in [4.78, 5) is 101. The van der Waals surface area contributed by atoms with Crippen molar-refractivity contribution >= 4 is 87.9 Å². The van der Waals surface area contributed by atoms with Crippen molar-refractivity contribution in [2.24, 2.45) is 40.3 Å². The predicted octanol–water partition coefficient (Wildman–Crippen LogP) is 5.01. The second-order valence-electron chi connectivity index (χ2n) is 19.2. The highest BCUT2D eigenvalue weighted by Crippen LogP contribution is 2.16. The topological polar surface area (TPSA) is 477 Å². The molecule has 86 heavy (non-hydrogen) atoms. The number of ether oxygens (including phenoxy) is 1. The molecule has 6 atom stereocenters. The lowest BCUT2D eigenvalue weighted by Gasteiger charge is -2.09. The van der Waals surface area contributed by atoms with Gasteiger partial charge in [0.05, 0.1) is 17.8 Å². The number of nitrogens with one attached hydrogen (secondary N) is 2. The molecular weight excluding hydrogens is 1180 g/mol. The molecule has 2 heterocycles. The lowest BCUT2D eigenvalue weighted by atomic mass is 10.00. The van der Waals surface area contributed by atoms with E-state index in [-0.39, 0.29) is 24.7 Å². The number of hydrogen-bond donors (Lipinski definition) is 14. The minimum Gasteiger partial charge on any atom is -0.480 e. The Kier molecular flexibility index (Phi) is 41.5. The maximum atomic E-state index is 12.2. The number of benzene rings is 3. The summed E-state index contributed by atoms with van der Waals surface area (Å²) in [6.45, 7) is 6.68. The number of thiazole rings is 1. The van der Waals surface area contributed by atoms with Crippen molar-refractivity contribution < 1.29 is 78.5 Å². The van der Waals surface area contributed by atoms with Gasteiger partial charge in [0.1, 0.15) is 36.3 Å². The zero-order valence-corrected chi connectivity index (χ0v) is 50.6. The first-order valence-electron chi connectivity index (χ1n) is 26.9. The molecule has 5 unspecified atom stereocenters. The summed E-state index contributed by atoms with van der Waals surface area (Å²) in [6, 6.07) is 22.1. The number of rotatable bonds is 29. The smallest absolute Gasteiger partial charge is 0.407 e. The van der Waals surface area contributed by atoms with Gasteiger partial charge >= 0.3 is 41.9 Å². The number of aromatic nitrogens is 1. The fourth-order valence-corrected chi connectivity index (χ4v) is 8.00. The van der Waals surface area contributed by atoms with Crippen LogP contribution in [-0.4, -0.2) is 145 Å². The van der Waals surface area contributed by atoms with Crippen molar-refractivity contribution in [3.63, 3.8) is 0 Å². The molecule has 28 heteroatoms. The van der Waals surface area contributed by atoms with E-state index in [4.69, 9.17) is 81.4 Å². The van der Waals surface area contributed by atoms with Gasteiger partial charge in [-0.15, -0.1) is 22.7 Å². The zero-order chi connectivity index (χ0) is 65.1. The van der Waals surface area contributed by atoms with Crippen LogP contribution in [0.15, 0.2) is 107 Å². The summed E-state index contributed by atoms with van der Waals surface area (Å²) < 4.78 is 5.00. The number of halogens is 1. The SMILES string of the molecule is CC(=O)NCCCCC(N)C(=O)O.CC(C)CCC(N)C(=O)O.NC(CCCNC(=O)OCCc1ccccc1Cl)C(=O)O.NC(Cc1ccc(C(=O)c2ccccc2)cc1)C(=O)O.NC(Cc1cscn1)C(=O)O.N[C@@H](Cc1cccs1)C(=O)O. The standard InChI is InChI=1S/C16H15NO3.C14H19ClN2O4.C8H16N2O3.C7H9NO2S.C7H15NO2.C6H8N2O2S/c17-14(16(19)20)10-11-6-8-13(9-7-11)15(18)12-4-2-1-3-5-12;15-11-5-2-1-4-10(11)7-9-21-14(20)17-8-3-6-12(16)13(18)19;1-6(11)10-5-3-2-4-7(9)8(12)13;8-6(7(9)10)4-5-2-1-3-11-5;1-5(2)3-4-6(8)7(9)10;7-5(6(9)10)1-4-2-11-3-8-4/h1-9,14H,10,17H2,(H,19,20);1-2,4-5,12H,3,6-9,16H2,(H,17,20)(H,18,19);7H,2-5,9H2,1H3,(H,10,11)(H,12,13);1-3,6H,4,8H2,(H,9,10);5-6H,3-4,8H2,1-2H3,(H,9,10);2-3,5H,1,7H2,(H,9,10)/t;;;6-;;/m...0../s1. The predicted molar refractivity (Wildman–Crippen MR) is 328 cm³/mol. The van der Waals surface area contributed by atoms with Crippen LogP contribution in [0.1, 0.15) is 103 Å². The number of ketones is 1.